The number of aliphatic hydroxyl groups is 1. The van der Waals surface area contributed by atoms with E-state index in [4.69, 9.17) is 23.2 Å². The molecule has 0 atom stereocenters. The van der Waals surface area contributed by atoms with E-state index < -0.39 is 11.7 Å². The summed E-state index contributed by atoms with van der Waals surface area (Å²) in [5.74, 6) is -1.30. The molecule has 0 unspecified atom stereocenters. The molecule has 29 heavy (non-hydrogen) atoms. The van der Waals surface area contributed by atoms with E-state index in [0.29, 0.717) is 23.1 Å². The van der Waals surface area contributed by atoms with Crippen LogP contribution in [0.1, 0.15) is 5.56 Å². The van der Waals surface area contributed by atoms with Gasteiger partial charge in [0.1, 0.15) is 0 Å². The van der Waals surface area contributed by atoms with E-state index in [9.17, 15) is 14.7 Å². The molecular formula is C20H26Cl2N4O3. The molecule has 2 aliphatic heterocycles. The maximum absolute atomic E-state index is 12.8. The zero-order valence-electron chi connectivity index (χ0n) is 16.7. The van der Waals surface area contributed by atoms with Crippen molar-refractivity contribution < 1.29 is 14.7 Å². The molecule has 2 aliphatic rings. The number of likely N-dealkylation sites (N-methyl/N-ethyl adjacent to an activating group) is 2. The quantitative estimate of drug-likeness (QED) is 0.730. The summed E-state index contributed by atoms with van der Waals surface area (Å²) < 4.78 is 0. The lowest BCUT2D eigenvalue weighted by Crippen LogP contribution is -2.47. The monoisotopic (exact) mass is 440 g/mol. The van der Waals surface area contributed by atoms with E-state index in [-0.39, 0.29) is 18.0 Å². The third-order valence-corrected chi connectivity index (χ3v) is 6.15. The highest BCUT2D eigenvalue weighted by Crippen LogP contribution is 2.24. The lowest BCUT2D eigenvalue weighted by molar-refractivity contribution is -0.128. The van der Waals surface area contributed by atoms with E-state index >= 15 is 0 Å². The number of hydrogen-bond acceptors (Lipinski definition) is 5. The molecule has 9 heteroatoms. The first-order chi connectivity index (χ1) is 13.8. The Hall–Kier alpha value is -1.80. The smallest absolute Gasteiger partial charge is 0.289 e. The van der Waals surface area contributed by atoms with Gasteiger partial charge in [-0.1, -0.05) is 29.3 Å². The Kier molecular flexibility index (Phi) is 7.05. The average Bonchev–Trinajstić information content (AvgIpc) is 2.98. The van der Waals surface area contributed by atoms with Crippen LogP contribution >= 0.6 is 23.2 Å². The summed E-state index contributed by atoms with van der Waals surface area (Å²) in [5, 5.41) is 11.1. The summed E-state index contributed by atoms with van der Waals surface area (Å²) in [6, 6.07) is 5.16. The van der Waals surface area contributed by atoms with Crippen molar-refractivity contribution in [3.8, 4) is 0 Å². The number of hydrogen-bond donors (Lipinski definition) is 1. The standard InChI is InChI=1S/C20H26Cl2N4O3/c1-23-5-7-25(8-6-23)9-10-26-13-15(18(27)20(26)29)19(28)24(2)12-14-3-4-16(21)17(22)11-14/h3-4,11,27H,5-10,12-13H2,1-2H3. The lowest BCUT2D eigenvalue weighted by atomic mass is 10.2. The van der Waals surface area contributed by atoms with Gasteiger partial charge in [0.15, 0.2) is 5.76 Å². The third-order valence-electron chi connectivity index (χ3n) is 5.42. The first-order valence-electron chi connectivity index (χ1n) is 9.58. The van der Waals surface area contributed by atoms with Gasteiger partial charge in [-0.2, -0.15) is 0 Å². The minimum atomic E-state index is -0.481. The highest BCUT2D eigenvalue weighted by Gasteiger charge is 2.35. The molecule has 2 amide bonds. The molecule has 2 heterocycles. The Morgan fingerprint density at radius 3 is 2.48 bits per heavy atom. The van der Waals surface area contributed by atoms with Crippen LogP contribution in [0, 0.1) is 0 Å². The van der Waals surface area contributed by atoms with E-state index in [0.717, 1.165) is 38.3 Å². The molecule has 3 rings (SSSR count). The molecule has 0 radical (unpaired) electrons. The Morgan fingerprint density at radius 2 is 1.83 bits per heavy atom. The van der Waals surface area contributed by atoms with Crippen LogP contribution in [-0.4, -0.2) is 96.4 Å². The van der Waals surface area contributed by atoms with Crippen molar-refractivity contribution in [1.82, 2.24) is 19.6 Å². The van der Waals surface area contributed by atoms with Gasteiger partial charge in [-0.3, -0.25) is 14.5 Å². The number of carbonyl (C=O) groups is 2. The maximum atomic E-state index is 12.8. The summed E-state index contributed by atoms with van der Waals surface area (Å²) in [7, 11) is 3.72. The first kappa shape index (κ1) is 21.9. The van der Waals surface area contributed by atoms with Gasteiger partial charge in [0, 0.05) is 52.9 Å². The lowest BCUT2D eigenvalue weighted by Gasteiger charge is -2.33. The second kappa shape index (κ2) is 9.34. The van der Waals surface area contributed by atoms with Gasteiger partial charge in [0.25, 0.3) is 11.8 Å². The number of rotatable bonds is 6. The van der Waals surface area contributed by atoms with Gasteiger partial charge in [0.05, 0.1) is 22.2 Å². The van der Waals surface area contributed by atoms with Crippen molar-refractivity contribution in [3.05, 3.63) is 45.1 Å². The number of benzene rings is 1. The zero-order chi connectivity index (χ0) is 21.1. The average molecular weight is 441 g/mol. The summed E-state index contributed by atoms with van der Waals surface area (Å²) in [6.07, 6.45) is 0. The number of carbonyl (C=O) groups excluding carboxylic acids is 2. The molecule has 1 N–H and O–H groups in total. The van der Waals surface area contributed by atoms with Crippen LogP contribution in [0.15, 0.2) is 29.5 Å². The normalized spacial score (nSPS) is 18.6. The number of aliphatic hydroxyl groups excluding tert-OH is 1. The predicted octanol–water partition coefficient (Wildman–Crippen LogP) is 1.85. The first-order valence-corrected chi connectivity index (χ1v) is 10.3. The highest BCUT2D eigenvalue weighted by molar-refractivity contribution is 6.42. The summed E-state index contributed by atoms with van der Waals surface area (Å²) in [5.41, 5.74) is 0.947. The van der Waals surface area contributed by atoms with Crippen LogP contribution in [0.4, 0.5) is 0 Å². The van der Waals surface area contributed by atoms with Crippen molar-refractivity contribution in [3.63, 3.8) is 0 Å². The molecular weight excluding hydrogens is 415 g/mol. The van der Waals surface area contributed by atoms with Gasteiger partial charge in [-0.05, 0) is 24.7 Å². The van der Waals surface area contributed by atoms with E-state index in [2.05, 4.69) is 16.8 Å². The number of halogens is 2. The molecule has 0 spiro atoms. The van der Waals surface area contributed by atoms with Gasteiger partial charge < -0.3 is 19.8 Å². The van der Waals surface area contributed by atoms with Gasteiger partial charge >= 0.3 is 0 Å². The molecule has 1 fully saturated rings. The predicted molar refractivity (Wildman–Crippen MR) is 113 cm³/mol. The molecule has 0 aliphatic carbocycles. The molecule has 158 valence electrons. The van der Waals surface area contributed by atoms with Crippen molar-refractivity contribution in [2.45, 2.75) is 6.54 Å². The zero-order valence-corrected chi connectivity index (χ0v) is 18.2. The Balaban J connectivity index is 1.57. The molecule has 1 aromatic rings. The van der Waals surface area contributed by atoms with Crippen LogP contribution in [0.2, 0.25) is 10.0 Å². The highest BCUT2D eigenvalue weighted by atomic mass is 35.5. The fourth-order valence-corrected chi connectivity index (χ4v) is 3.83. The van der Waals surface area contributed by atoms with Gasteiger partial charge in [0.2, 0.25) is 0 Å². The molecule has 7 nitrogen and oxygen atoms in total. The second-order valence-electron chi connectivity index (χ2n) is 7.61. The van der Waals surface area contributed by atoms with Crippen LogP contribution in [0.3, 0.4) is 0 Å². The summed E-state index contributed by atoms with van der Waals surface area (Å²) >= 11 is 12.0. The van der Waals surface area contributed by atoms with Crippen LogP contribution in [-0.2, 0) is 16.1 Å². The van der Waals surface area contributed by atoms with E-state index in [1.807, 2.05) is 0 Å². The van der Waals surface area contributed by atoms with Crippen molar-refractivity contribution in [1.29, 1.82) is 0 Å². The molecule has 0 aromatic heterocycles. The Bertz CT molecular complexity index is 822. The molecule has 0 saturated carbocycles. The SMILES string of the molecule is CN1CCN(CCN2CC(C(=O)N(C)Cc3ccc(Cl)c(Cl)c3)=C(O)C2=O)CC1. The molecule has 1 aromatic carbocycles. The topological polar surface area (TPSA) is 67.3 Å². The van der Waals surface area contributed by atoms with Crippen molar-refractivity contribution in [2.75, 3.05) is 59.9 Å². The number of nitrogens with zero attached hydrogens (tertiary/aromatic N) is 4. The molecule has 0 bridgehead atoms. The number of amides is 2. The van der Waals surface area contributed by atoms with Crippen LogP contribution in [0.25, 0.3) is 0 Å². The van der Waals surface area contributed by atoms with Crippen LogP contribution in [0.5, 0.6) is 0 Å². The number of piperazine rings is 1. The summed E-state index contributed by atoms with van der Waals surface area (Å²) in [6.45, 7) is 5.55. The third kappa shape index (κ3) is 5.22. The minimum absolute atomic E-state index is 0.128. The van der Waals surface area contributed by atoms with E-state index in [1.165, 1.54) is 9.80 Å². The van der Waals surface area contributed by atoms with Crippen molar-refractivity contribution >= 4 is 35.0 Å². The fourth-order valence-electron chi connectivity index (χ4n) is 3.51. The largest absolute Gasteiger partial charge is 0.503 e. The fraction of sp³-hybridized carbons (Fsp3) is 0.500. The van der Waals surface area contributed by atoms with Crippen LogP contribution < -0.4 is 0 Å². The Labute approximate surface area is 181 Å². The van der Waals surface area contributed by atoms with Crippen molar-refractivity contribution in [2.24, 2.45) is 0 Å². The second-order valence-corrected chi connectivity index (χ2v) is 8.42. The van der Waals surface area contributed by atoms with Gasteiger partial charge in [-0.15, -0.1) is 0 Å². The maximum Gasteiger partial charge on any atom is 0.289 e. The summed E-state index contributed by atoms with van der Waals surface area (Å²) in [4.78, 5) is 32.8. The van der Waals surface area contributed by atoms with Gasteiger partial charge in [-0.25, -0.2) is 0 Å². The van der Waals surface area contributed by atoms with E-state index in [1.54, 1.807) is 25.2 Å². The Morgan fingerprint density at radius 1 is 1.14 bits per heavy atom. The minimum Gasteiger partial charge on any atom is -0.503 e. The molecule has 1 saturated heterocycles.